The van der Waals surface area contributed by atoms with E-state index in [2.05, 4.69) is 27.7 Å². The first-order valence-corrected chi connectivity index (χ1v) is 8.21. The molecular formula is C8H20O8P2-6. The van der Waals surface area contributed by atoms with Crippen molar-refractivity contribution in [2.75, 3.05) is 0 Å². The molecule has 0 spiro atoms. The fraction of sp³-hybridized carbons (Fsp3) is 1.00. The number of phosphoric acid groups is 2. The van der Waals surface area contributed by atoms with Gasteiger partial charge in [-0.2, -0.15) is 15.6 Å². The van der Waals surface area contributed by atoms with Crippen molar-refractivity contribution in [3.05, 3.63) is 0 Å². The van der Waals surface area contributed by atoms with Gasteiger partial charge in [-0.1, -0.05) is 53.4 Å². The zero-order valence-corrected chi connectivity index (χ0v) is 12.8. The standard InChI is InChI=1S/2C4H10.2H3O4P/c2*1-3-4-2;2*1-5(2,3)4/h2*3-4H2,1-2H3;2*(H3,1,2,3,4)/p-6. The van der Waals surface area contributed by atoms with Crippen LogP contribution in [0, 0.1) is 0 Å². The first-order valence-electron chi connectivity index (χ1n) is 5.29. The van der Waals surface area contributed by atoms with Gasteiger partial charge in [-0.3, -0.25) is 0 Å². The molecule has 0 aliphatic rings. The van der Waals surface area contributed by atoms with Gasteiger partial charge in [0.1, 0.15) is 0 Å². The molecular weight excluding hydrogens is 286 g/mol. The smallest absolute Gasteiger partial charge is 0.0564 e. The third-order valence-electron chi connectivity index (χ3n) is 1.000. The van der Waals surface area contributed by atoms with E-state index in [1.165, 1.54) is 25.7 Å². The summed E-state index contributed by atoms with van der Waals surface area (Å²) in [5, 5.41) is 0. The van der Waals surface area contributed by atoms with Crippen LogP contribution in [0.2, 0.25) is 0 Å². The molecule has 0 N–H and O–H groups in total. The zero-order chi connectivity index (χ0) is 15.8. The summed E-state index contributed by atoms with van der Waals surface area (Å²) >= 11 is 0. The largest absolute Gasteiger partial charge is 0.822 e. The number of hydrogen-bond donors (Lipinski definition) is 0. The van der Waals surface area contributed by atoms with Gasteiger partial charge >= 0.3 is 0 Å². The lowest BCUT2D eigenvalue weighted by atomic mass is 10.4. The molecule has 0 aromatic rings. The molecule has 0 bridgehead atoms. The summed E-state index contributed by atoms with van der Waals surface area (Å²) in [5.41, 5.74) is 0. The maximum atomic E-state index is 8.55. The van der Waals surface area contributed by atoms with E-state index in [-0.39, 0.29) is 0 Å². The maximum Gasteiger partial charge on any atom is -0.0564 e. The molecule has 8 nitrogen and oxygen atoms in total. The van der Waals surface area contributed by atoms with Crippen LogP contribution in [0.1, 0.15) is 53.4 Å². The second-order valence-corrected chi connectivity index (χ2v) is 4.68. The molecule has 0 aliphatic carbocycles. The van der Waals surface area contributed by atoms with Crippen molar-refractivity contribution in [2.45, 2.75) is 53.4 Å². The van der Waals surface area contributed by atoms with Crippen LogP contribution in [0.3, 0.4) is 0 Å². The van der Waals surface area contributed by atoms with Gasteiger partial charge in [-0.05, 0) is 0 Å². The molecule has 18 heavy (non-hydrogen) atoms. The Morgan fingerprint density at radius 3 is 0.611 bits per heavy atom. The predicted molar refractivity (Wildman–Crippen MR) is 56.4 cm³/mol. The summed E-state index contributed by atoms with van der Waals surface area (Å²) in [4.78, 5) is 51.3. The van der Waals surface area contributed by atoms with Crippen molar-refractivity contribution in [1.29, 1.82) is 0 Å². The average Bonchev–Trinajstić information content (AvgIpc) is 2.12. The van der Waals surface area contributed by atoms with E-state index in [0.29, 0.717) is 0 Å². The van der Waals surface area contributed by atoms with E-state index in [9.17, 15) is 0 Å². The van der Waals surface area contributed by atoms with E-state index in [4.69, 9.17) is 38.5 Å². The quantitative estimate of drug-likeness (QED) is 0.524. The average molecular weight is 306 g/mol. The highest BCUT2D eigenvalue weighted by Crippen LogP contribution is 2.03. The van der Waals surface area contributed by atoms with E-state index in [1.807, 2.05) is 0 Å². The van der Waals surface area contributed by atoms with E-state index in [1.54, 1.807) is 0 Å². The first-order chi connectivity index (χ1) is 7.83. The number of unbranched alkanes of at least 4 members (excludes halogenated alkanes) is 2. The molecule has 0 aromatic heterocycles. The van der Waals surface area contributed by atoms with Crippen molar-refractivity contribution in [3.63, 3.8) is 0 Å². The second-order valence-electron chi connectivity index (χ2n) is 2.89. The number of rotatable bonds is 2. The molecule has 0 saturated heterocycles. The van der Waals surface area contributed by atoms with Gasteiger partial charge in [0, 0.05) is 0 Å². The molecule has 0 fully saturated rings. The lowest BCUT2D eigenvalue weighted by Crippen LogP contribution is -2.24. The fourth-order valence-electron chi connectivity index (χ4n) is 0. The monoisotopic (exact) mass is 306 g/mol. The van der Waals surface area contributed by atoms with Crippen LogP contribution in [0.15, 0.2) is 0 Å². The Morgan fingerprint density at radius 1 is 0.556 bits per heavy atom. The van der Waals surface area contributed by atoms with Gasteiger partial charge in [0.2, 0.25) is 0 Å². The van der Waals surface area contributed by atoms with Crippen LogP contribution >= 0.6 is 15.6 Å². The summed E-state index contributed by atoms with van der Waals surface area (Å²) in [6.45, 7) is 8.72. The van der Waals surface area contributed by atoms with Crippen LogP contribution < -0.4 is 29.4 Å². The third kappa shape index (κ3) is 762. The van der Waals surface area contributed by atoms with Crippen molar-refractivity contribution in [3.8, 4) is 0 Å². The normalized spacial score (nSPS) is 9.89. The lowest BCUT2D eigenvalue weighted by Gasteiger charge is -2.36. The molecule has 10 heteroatoms. The van der Waals surface area contributed by atoms with E-state index in [0.717, 1.165) is 0 Å². The van der Waals surface area contributed by atoms with Crippen LogP contribution in [0.4, 0.5) is 0 Å². The van der Waals surface area contributed by atoms with Crippen LogP contribution in [-0.2, 0) is 9.13 Å². The molecule has 0 amide bonds. The molecule has 0 heterocycles. The topological polar surface area (TPSA) is 172 Å². The highest BCUT2D eigenvalue weighted by atomic mass is 31.2. The molecule has 0 atom stereocenters. The summed E-state index contributed by atoms with van der Waals surface area (Å²) in [5.74, 6) is 0. The van der Waals surface area contributed by atoms with Gasteiger partial charge in [-0.25, -0.2) is 0 Å². The summed E-state index contributed by atoms with van der Waals surface area (Å²) in [6, 6.07) is 0. The van der Waals surface area contributed by atoms with E-state index < -0.39 is 15.6 Å². The van der Waals surface area contributed by atoms with Gasteiger partial charge in [-0.15, -0.1) is 0 Å². The Morgan fingerprint density at radius 2 is 0.611 bits per heavy atom. The molecule has 116 valence electrons. The minimum absolute atomic E-state index is 1.32. The molecule has 0 aliphatic heterocycles. The SMILES string of the molecule is CCCC.CCCC.O=P([O-])([O-])[O-].O=P([O-])([O-])[O-]. The van der Waals surface area contributed by atoms with Crippen molar-refractivity contribution in [1.82, 2.24) is 0 Å². The summed E-state index contributed by atoms with van der Waals surface area (Å²) in [6.07, 6.45) is 5.28. The molecule has 0 saturated carbocycles. The zero-order valence-electron chi connectivity index (χ0n) is 11.0. The van der Waals surface area contributed by atoms with Gasteiger partial charge < -0.3 is 38.5 Å². The van der Waals surface area contributed by atoms with Crippen LogP contribution in [0.5, 0.6) is 0 Å². The first kappa shape index (κ1) is 26.7. The molecule has 0 unspecified atom stereocenters. The molecule has 0 radical (unpaired) electrons. The van der Waals surface area contributed by atoms with Gasteiger partial charge in [0.25, 0.3) is 0 Å². The summed E-state index contributed by atoms with van der Waals surface area (Å²) < 4.78 is 17.1. The Labute approximate surface area is 108 Å². The second kappa shape index (κ2) is 17.2. The van der Waals surface area contributed by atoms with Crippen molar-refractivity contribution >= 4 is 15.6 Å². The predicted octanol–water partition coefficient (Wildman–Crippen LogP) is -2.04. The van der Waals surface area contributed by atoms with E-state index >= 15 is 0 Å². The van der Waals surface area contributed by atoms with Crippen molar-refractivity contribution in [2.24, 2.45) is 0 Å². The Bertz CT molecular complexity index is 177. The minimum Gasteiger partial charge on any atom is -0.822 e. The molecule has 0 rings (SSSR count). The van der Waals surface area contributed by atoms with Gasteiger partial charge in [0.05, 0.1) is 0 Å². The number of hydrogen-bond acceptors (Lipinski definition) is 8. The third-order valence-corrected chi connectivity index (χ3v) is 1.000. The minimum atomic E-state index is -5.39. The Hall–Kier alpha value is 0.220. The van der Waals surface area contributed by atoms with Gasteiger partial charge in [0.15, 0.2) is 0 Å². The highest BCUT2D eigenvalue weighted by molar-refractivity contribution is 7.40. The van der Waals surface area contributed by atoms with Crippen LogP contribution in [0.25, 0.3) is 0 Å². The van der Waals surface area contributed by atoms with Crippen LogP contribution in [-0.4, -0.2) is 0 Å². The lowest BCUT2D eigenvalue weighted by molar-refractivity contribution is -0.434. The maximum absolute atomic E-state index is 8.55. The Balaban J connectivity index is -0.0000000731. The van der Waals surface area contributed by atoms with Crippen molar-refractivity contribution < 1.29 is 38.5 Å². The fourth-order valence-corrected chi connectivity index (χ4v) is 0. The molecule has 0 aromatic carbocycles. The highest BCUT2D eigenvalue weighted by Gasteiger charge is 1.56. The summed E-state index contributed by atoms with van der Waals surface area (Å²) in [7, 11) is -10.8. The Kier molecular flexibility index (Phi) is 25.6.